The lowest BCUT2D eigenvalue weighted by atomic mass is 9.97. The lowest BCUT2D eigenvalue weighted by Crippen LogP contribution is -2.31. The molecule has 0 atom stereocenters. The third-order valence-corrected chi connectivity index (χ3v) is 4.34. The fourth-order valence-corrected chi connectivity index (χ4v) is 2.89. The van der Waals surface area contributed by atoms with Gasteiger partial charge in [0.2, 0.25) is 0 Å². The molecule has 0 N–H and O–H groups in total. The molecule has 0 heterocycles. The maximum absolute atomic E-state index is 11.2. The Bertz CT molecular complexity index is 313. The molecule has 0 saturated heterocycles. The fraction of sp³-hybridized carbons (Fsp3) is 0.889. The highest BCUT2D eigenvalue weighted by atomic mass is 32.2. The summed E-state index contributed by atoms with van der Waals surface area (Å²) in [5.41, 5.74) is 0. The highest BCUT2D eigenvalue weighted by molar-refractivity contribution is 7.91. The summed E-state index contributed by atoms with van der Waals surface area (Å²) in [6, 6.07) is 0. The number of methoxy groups -OCH3 is 1. The van der Waals surface area contributed by atoms with E-state index in [4.69, 9.17) is 4.74 Å². The first kappa shape index (κ1) is 12.3. The molecule has 5 nitrogen and oxygen atoms in total. The zero-order chi connectivity index (χ0) is 11.5. The van der Waals surface area contributed by atoms with Crippen LogP contribution in [0, 0.1) is 0 Å². The van der Waals surface area contributed by atoms with E-state index in [9.17, 15) is 13.2 Å². The van der Waals surface area contributed by atoms with E-state index in [1.54, 1.807) is 0 Å². The van der Waals surface area contributed by atoms with E-state index in [-0.39, 0.29) is 11.4 Å². The SMILES string of the molecule is COC(=O)OC1CCC(S(C)(=O)=O)CC1. The van der Waals surface area contributed by atoms with Crippen molar-refractivity contribution in [2.45, 2.75) is 37.0 Å². The molecule has 0 aromatic rings. The molecule has 88 valence electrons. The molecule has 0 radical (unpaired) electrons. The minimum atomic E-state index is -2.96. The van der Waals surface area contributed by atoms with Gasteiger partial charge in [0.05, 0.1) is 12.4 Å². The number of carbonyl (C=O) groups excluding carboxylic acids is 1. The minimum absolute atomic E-state index is 0.199. The lowest BCUT2D eigenvalue weighted by molar-refractivity contribution is 0.0235. The van der Waals surface area contributed by atoms with Crippen molar-refractivity contribution in [3.63, 3.8) is 0 Å². The van der Waals surface area contributed by atoms with Crippen LogP contribution >= 0.6 is 0 Å². The van der Waals surface area contributed by atoms with Gasteiger partial charge in [0.15, 0.2) is 0 Å². The van der Waals surface area contributed by atoms with Gasteiger partial charge in [0.1, 0.15) is 15.9 Å². The molecule has 6 heteroatoms. The van der Waals surface area contributed by atoms with Gasteiger partial charge >= 0.3 is 6.16 Å². The smallest absolute Gasteiger partial charge is 0.438 e. The summed E-state index contributed by atoms with van der Waals surface area (Å²) in [4.78, 5) is 10.8. The van der Waals surface area contributed by atoms with E-state index in [1.165, 1.54) is 13.4 Å². The van der Waals surface area contributed by atoms with Gasteiger partial charge in [0.25, 0.3) is 0 Å². The van der Waals surface area contributed by atoms with Gasteiger partial charge in [-0.25, -0.2) is 13.2 Å². The van der Waals surface area contributed by atoms with Crippen molar-refractivity contribution in [1.82, 2.24) is 0 Å². The van der Waals surface area contributed by atoms with E-state index in [1.807, 2.05) is 0 Å². The minimum Gasteiger partial charge on any atom is -0.438 e. The number of sulfone groups is 1. The van der Waals surface area contributed by atoms with E-state index in [0.29, 0.717) is 25.7 Å². The second-order valence-corrected chi connectivity index (χ2v) is 6.13. The second kappa shape index (κ2) is 4.83. The summed E-state index contributed by atoms with van der Waals surface area (Å²) >= 11 is 0. The first-order valence-corrected chi connectivity index (χ1v) is 6.82. The molecule has 0 aromatic heterocycles. The van der Waals surface area contributed by atoms with Gasteiger partial charge in [-0.05, 0) is 25.7 Å². The van der Waals surface area contributed by atoms with Crippen molar-refractivity contribution < 1.29 is 22.7 Å². The average Bonchev–Trinajstić information content (AvgIpc) is 2.17. The topological polar surface area (TPSA) is 69.7 Å². The molecule has 0 aromatic carbocycles. The van der Waals surface area contributed by atoms with Gasteiger partial charge in [-0.1, -0.05) is 0 Å². The van der Waals surface area contributed by atoms with Crippen LogP contribution in [0.1, 0.15) is 25.7 Å². The maximum Gasteiger partial charge on any atom is 0.508 e. The molecule has 1 fully saturated rings. The van der Waals surface area contributed by atoms with E-state index in [2.05, 4.69) is 4.74 Å². The molecular weight excluding hydrogens is 220 g/mol. The van der Waals surface area contributed by atoms with E-state index >= 15 is 0 Å². The predicted molar refractivity (Wildman–Crippen MR) is 54.4 cm³/mol. The van der Waals surface area contributed by atoms with Crippen LogP contribution in [-0.4, -0.2) is 39.3 Å². The van der Waals surface area contributed by atoms with Crippen molar-refractivity contribution in [1.29, 1.82) is 0 Å². The molecular formula is C9H16O5S. The molecule has 1 aliphatic carbocycles. The highest BCUT2D eigenvalue weighted by Crippen LogP contribution is 2.25. The summed E-state index contributed by atoms with van der Waals surface area (Å²) < 4.78 is 31.8. The highest BCUT2D eigenvalue weighted by Gasteiger charge is 2.29. The lowest BCUT2D eigenvalue weighted by Gasteiger charge is -2.26. The Balaban J connectivity index is 2.40. The summed E-state index contributed by atoms with van der Waals surface area (Å²) in [5, 5.41) is -0.282. The third-order valence-electron chi connectivity index (χ3n) is 2.66. The molecule has 0 amide bonds. The fourth-order valence-electron chi connectivity index (χ4n) is 1.76. The molecule has 0 bridgehead atoms. The molecule has 0 spiro atoms. The van der Waals surface area contributed by atoms with Crippen LogP contribution in [0.15, 0.2) is 0 Å². The largest absolute Gasteiger partial charge is 0.508 e. The molecule has 0 unspecified atom stereocenters. The summed E-state index contributed by atoms with van der Waals surface area (Å²) in [5.74, 6) is 0. The summed E-state index contributed by atoms with van der Waals surface area (Å²) in [6.07, 6.45) is 2.65. The van der Waals surface area contributed by atoms with Gasteiger partial charge in [0, 0.05) is 6.26 Å². The summed E-state index contributed by atoms with van der Waals surface area (Å²) in [6.45, 7) is 0. The number of carbonyl (C=O) groups is 1. The van der Waals surface area contributed by atoms with E-state index < -0.39 is 16.0 Å². The predicted octanol–water partition coefficient (Wildman–Crippen LogP) is 1.13. The number of hydrogen-bond donors (Lipinski definition) is 0. The Morgan fingerprint density at radius 2 is 1.73 bits per heavy atom. The van der Waals surface area contributed by atoms with Crippen molar-refractivity contribution in [3.05, 3.63) is 0 Å². The van der Waals surface area contributed by atoms with Gasteiger partial charge in [-0.3, -0.25) is 0 Å². The van der Waals surface area contributed by atoms with Crippen LogP contribution in [0.25, 0.3) is 0 Å². The van der Waals surface area contributed by atoms with Crippen LogP contribution in [0.4, 0.5) is 4.79 Å². The van der Waals surface area contributed by atoms with Crippen molar-refractivity contribution in [2.75, 3.05) is 13.4 Å². The van der Waals surface area contributed by atoms with Crippen LogP contribution in [-0.2, 0) is 19.3 Å². The summed E-state index contributed by atoms with van der Waals surface area (Å²) in [7, 11) is -1.70. The Hall–Kier alpha value is -0.780. The first-order valence-electron chi connectivity index (χ1n) is 4.87. The first-order chi connectivity index (χ1) is 6.93. The maximum atomic E-state index is 11.2. The van der Waals surface area contributed by atoms with Crippen LogP contribution in [0.2, 0.25) is 0 Å². The van der Waals surface area contributed by atoms with E-state index in [0.717, 1.165) is 0 Å². The Kier molecular flexibility index (Phi) is 3.96. The van der Waals surface area contributed by atoms with Gasteiger partial charge < -0.3 is 9.47 Å². The van der Waals surface area contributed by atoms with Gasteiger partial charge in [-0.15, -0.1) is 0 Å². The number of hydrogen-bond acceptors (Lipinski definition) is 5. The molecule has 0 aliphatic heterocycles. The molecule has 1 aliphatic rings. The zero-order valence-electron chi connectivity index (χ0n) is 8.93. The van der Waals surface area contributed by atoms with Crippen LogP contribution in [0.3, 0.4) is 0 Å². The van der Waals surface area contributed by atoms with Crippen molar-refractivity contribution in [3.8, 4) is 0 Å². The zero-order valence-corrected chi connectivity index (χ0v) is 9.75. The Morgan fingerprint density at radius 1 is 1.20 bits per heavy atom. The van der Waals surface area contributed by atoms with Crippen molar-refractivity contribution in [2.24, 2.45) is 0 Å². The van der Waals surface area contributed by atoms with Crippen molar-refractivity contribution >= 4 is 16.0 Å². The average molecular weight is 236 g/mol. The molecule has 15 heavy (non-hydrogen) atoms. The monoisotopic (exact) mass is 236 g/mol. The standard InChI is InChI=1S/C9H16O5S/c1-13-9(10)14-7-3-5-8(6-4-7)15(2,11)12/h7-8H,3-6H2,1-2H3. The second-order valence-electron chi connectivity index (χ2n) is 3.80. The Labute approximate surface area is 89.7 Å². The van der Waals surface area contributed by atoms with Crippen LogP contribution < -0.4 is 0 Å². The quantitative estimate of drug-likeness (QED) is 0.672. The third kappa shape index (κ3) is 3.70. The number of rotatable bonds is 2. The molecule has 1 rings (SSSR count). The van der Waals surface area contributed by atoms with Crippen LogP contribution in [0.5, 0.6) is 0 Å². The number of ether oxygens (including phenoxy) is 2. The molecule has 1 saturated carbocycles. The normalized spacial score (nSPS) is 27.1. The Morgan fingerprint density at radius 3 is 2.13 bits per heavy atom. The van der Waals surface area contributed by atoms with Gasteiger partial charge in [-0.2, -0.15) is 0 Å².